The number of rotatable bonds is 6. The Labute approximate surface area is 257 Å². The molecule has 0 aliphatic carbocycles. The zero-order valence-electron chi connectivity index (χ0n) is 24.4. The van der Waals surface area contributed by atoms with Crippen LogP contribution in [0.5, 0.6) is 0 Å². The molecule has 1 saturated heterocycles. The summed E-state index contributed by atoms with van der Waals surface area (Å²) in [6.07, 6.45) is -0.378. The maximum absolute atomic E-state index is 14.4. The SMILES string of the molecule is CC(=O)Nc1cnc2ccc(-c3cnc4ccccc4c3)cc2c1Nc1ccc(N2CCN(S(C)(=O)=O)CC2)c(C(F)(F)F)c1. The van der Waals surface area contributed by atoms with E-state index in [2.05, 4.69) is 20.6 Å². The lowest BCUT2D eigenvalue weighted by Gasteiger charge is -2.36. The monoisotopic (exact) mass is 634 g/mol. The van der Waals surface area contributed by atoms with Gasteiger partial charge >= 0.3 is 6.18 Å². The number of piperazine rings is 1. The summed E-state index contributed by atoms with van der Waals surface area (Å²) in [5.41, 5.74) is 3.01. The van der Waals surface area contributed by atoms with Gasteiger partial charge in [-0.3, -0.25) is 14.8 Å². The maximum Gasteiger partial charge on any atom is 0.418 e. The van der Waals surface area contributed by atoms with Crippen LogP contribution in [0.3, 0.4) is 0 Å². The second-order valence-electron chi connectivity index (χ2n) is 10.9. The third-order valence-electron chi connectivity index (χ3n) is 7.72. The number of carbonyl (C=O) groups excluding carboxylic acids is 1. The molecule has 1 aliphatic rings. The number of para-hydroxylation sites is 1. The van der Waals surface area contributed by atoms with Crippen LogP contribution in [-0.2, 0) is 21.0 Å². The molecule has 13 heteroatoms. The van der Waals surface area contributed by atoms with Gasteiger partial charge in [0.2, 0.25) is 15.9 Å². The van der Waals surface area contributed by atoms with Crippen LogP contribution in [0.15, 0.2) is 79.1 Å². The molecule has 1 amide bonds. The molecule has 3 heterocycles. The van der Waals surface area contributed by atoms with Crippen molar-refractivity contribution in [3.05, 3.63) is 84.7 Å². The lowest BCUT2D eigenvalue weighted by molar-refractivity contribution is -0.137. The molecule has 5 aromatic rings. The average molecular weight is 635 g/mol. The van der Waals surface area contributed by atoms with Crippen LogP contribution in [0.25, 0.3) is 32.9 Å². The van der Waals surface area contributed by atoms with E-state index in [0.717, 1.165) is 34.4 Å². The number of carbonyl (C=O) groups is 1. The number of pyridine rings is 2. The Morgan fingerprint density at radius 1 is 0.867 bits per heavy atom. The summed E-state index contributed by atoms with van der Waals surface area (Å²) >= 11 is 0. The number of hydrogen-bond acceptors (Lipinski definition) is 7. The highest BCUT2D eigenvalue weighted by Crippen LogP contribution is 2.41. The molecule has 0 atom stereocenters. The van der Waals surface area contributed by atoms with E-state index in [1.54, 1.807) is 11.1 Å². The molecule has 0 saturated carbocycles. The van der Waals surface area contributed by atoms with Gasteiger partial charge in [0.25, 0.3) is 0 Å². The van der Waals surface area contributed by atoms with Gasteiger partial charge in [0, 0.05) is 67.0 Å². The second kappa shape index (κ2) is 11.6. The molecule has 1 fully saturated rings. The second-order valence-corrected chi connectivity index (χ2v) is 12.9. The van der Waals surface area contributed by atoms with Crippen molar-refractivity contribution < 1.29 is 26.4 Å². The minimum atomic E-state index is -4.68. The number of sulfonamides is 1. The Hall–Kier alpha value is -4.75. The minimum Gasteiger partial charge on any atom is -0.368 e. The Bertz CT molecular complexity index is 2040. The van der Waals surface area contributed by atoms with Crippen molar-refractivity contribution >= 4 is 60.5 Å². The van der Waals surface area contributed by atoms with Crippen molar-refractivity contribution in [3.8, 4) is 11.1 Å². The van der Waals surface area contributed by atoms with Crippen LogP contribution < -0.4 is 15.5 Å². The predicted molar refractivity (Wildman–Crippen MR) is 170 cm³/mol. The van der Waals surface area contributed by atoms with E-state index in [0.29, 0.717) is 22.3 Å². The topological polar surface area (TPSA) is 108 Å². The highest BCUT2D eigenvalue weighted by molar-refractivity contribution is 7.88. The van der Waals surface area contributed by atoms with E-state index in [9.17, 15) is 26.4 Å². The first kappa shape index (κ1) is 30.3. The highest BCUT2D eigenvalue weighted by Gasteiger charge is 2.36. The molecule has 232 valence electrons. The largest absolute Gasteiger partial charge is 0.418 e. The molecule has 0 unspecified atom stereocenters. The summed E-state index contributed by atoms with van der Waals surface area (Å²) in [5, 5.41) is 7.39. The Kier molecular flexibility index (Phi) is 7.83. The number of fused-ring (bicyclic) bond motifs is 2. The maximum atomic E-state index is 14.4. The third-order valence-corrected chi connectivity index (χ3v) is 9.03. The number of alkyl halides is 3. The van der Waals surface area contributed by atoms with Crippen LogP contribution in [0, 0.1) is 0 Å². The molecule has 45 heavy (non-hydrogen) atoms. The number of halogens is 3. The first-order valence-electron chi connectivity index (χ1n) is 14.1. The smallest absolute Gasteiger partial charge is 0.368 e. The summed E-state index contributed by atoms with van der Waals surface area (Å²) in [6, 6.07) is 19.2. The van der Waals surface area contributed by atoms with Crippen molar-refractivity contribution in [2.24, 2.45) is 0 Å². The number of benzene rings is 3. The molecular formula is C32H29F3N6O3S. The van der Waals surface area contributed by atoms with Gasteiger partial charge in [0.1, 0.15) is 0 Å². The quantitative estimate of drug-likeness (QED) is 0.227. The number of nitrogens with one attached hydrogen (secondary N) is 2. The van der Waals surface area contributed by atoms with E-state index >= 15 is 0 Å². The number of aromatic nitrogens is 2. The summed E-state index contributed by atoms with van der Waals surface area (Å²) in [5.74, 6) is -0.367. The first-order chi connectivity index (χ1) is 21.4. The van der Waals surface area contributed by atoms with Crippen molar-refractivity contribution in [1.82, 2.24) is 14.3 Å². The Balaban J connectivity index is 1.40. The fraction of sp³-hybridized carbons (Fsp3) is 0.219. The predicted octanol–water partition coefficient (Wildman–Crippen LogP) is 6.25. The van der Waals surface area contributed by atoms with E-state index in [1.165, 1.54) is 29.6 Å². The van der Waals surface area contributed by atoms with Crippen LogP contribution in [0.1, 0.15) is 12.5 Å². The fourth-order valence-electron chi connectivity index (χ4n) is 5.54. The van der Waals surface area contributed by atoms with Gasteiger partial charge in [-0.1, -0.05) is 24.3 Å². The van der Waals surface area contributed by atoms with Gasteiger partial charge in [-0.05, 0) is 48.0 Å². The number of hydrogen-bond donors (Lipinski definition) is 2. The minimum absolute atomic E-state index is 0.0334. The van der Waals surface area contributed by atoms with Gasteiger partial charge in [-0.25, -0.2) is 8.42 Å². The fourth-order valence-corrected chi connectivity index (χ4v) is 6.37. The van der Waals surface area contributed by atoms with E-state index in [-0.39, 0.29) is 43.5 Å². The standard InChI is InChI=1S/C32H29F3N6O3S/c1-20(42)38-29-19-37-28-9-7-21(23-15-22-5-3-4-6-27(22)36-18-23)16-25(28)31(29)39-24-8-10-30(26(17-24)32(33,34)35)40-11-13-41(14-12-40)45(2,43)44/h3-10,15-19H,11-14H2,1-2H3,(H,37,39)(H,38,42). The number of nitrogens with zero attached hydrogens (tertiary/aromatic N) is 4. The molecule has 9 nitrogen and oxygen atoms in total. The van der Waals surface area contributed by atoms with Crippen LogP contribution in [0.4, 0.5) is 35.9 Å². The molecule has 0 bridgehead atoms. The Morgan fingerprint density at radius 2 is 1.60 bits per heavy atom. The average Bonchev–Trinajstić information content (AvgIpc) is 3.00. The van der Waals surface area contributed by atoms with Crippen LogP contribution >= 0.6 is 0 Å². The molecule has 2 aromatic heterocycles. The van der Waals surface area contributed by atoms with Crippen LogP contribution in [0.2, 0.25) is 0 Å². The molecule has 6 rings (SSSR count). The van der Waals surface area contributed by atoms with Crippen molar-refractivity contribution in [3.63, 3.8) is 0 Å². The van der Waals surface area contributed by atoms with E-state index < -0.39 is 21.8 Å². The molecule has 0 spiro atoms. The van der Waals surface area contributed by atoms with E-state index in [1.807, 2.05) is 48.5 Å². The summed E-state index contributed by atoms with van der Waals surface area (Å²) < 4.78 is 68.3. The van der Waals surface area contributed by atoms with Gasteiger partial charge in [-0.15, -0.1) is 0 Å². The summed E-state index contributed by atoms with van der Waals surface area (Å²) in [4.78, 5) is 22.7. The number of anilines is 4. The van der Waals surface area contributed by atoms with Crippen molar-refractivity contribution in [1.29, 1.82) is 0 Å². The Morgan fingerprint density at radius 3 is 2.31 bits per heavy atom. The number of amides is 1. The van der Waals surface area contributed by atoms with Gasteiger partial charge in [0.05, 0.1) is 40.4 Å². The van der Waals surface area contributed by atoms with Gasteiger partial charge in [0.15, 0.2) is 0 Å². The highest BCUT2D eigenvalue weighted by atomic mass is 32.2. The van der Waals surface area contributed by atoms with Crippen molar-refractivity contribution in [2.75, 3.05) is 48.0 Å². The zero-order valence-corrected chi connectivity index (χ0v) is 25.2. The zero-order chi connectivity index (χ0) is 31.9. The molecule has 1 aliphatic heterocycles. The molecule has 3 aromatic carbocycles. The van der Waals surface area contributed by atoms with E-state index in [4.69, 9.17) is 0 Å². The summed E-state index contributed by atoms with van der Waals surface area (Å²) in [7, 11) is -3.44. The third kappa shape index (κ3) is 6.40. The van der Waals surface area contributed by atoms with Crippen LogP contribution in [-0.4, -0.2) is 61.0 Å². The normalized spacial score (nSPS) is 14.6. The van der Waals surface area contributed by atoms with Gasteiger partial charge in [-0.2, -0.15) is 17.5 Å². The lowest BCUT2D eigenvalue weighted by atomic mass is 10.0. The summed E-state index contributed by atoms with van der Waals surface area (Å²) in [6.45, 7) is 1.77. The van der Waals surface area contributed by atoms with Crippen molar-refractivity contribution in [2.45, 2.75) is 13.1 Å². The molecule has 0 radical (unpaired) electrons. The molecule has 2 N–H and O–H groups in total. The van der Waals surface area contributed by atoms with Gasteiger partial charge < -0.3 is 15.5 Å². The first-order valence-corrected chi connectivity index (χ1v) is 16.0. The lowest BCUT2D eigenvalue weighted by Crippen LogP contribution is -2.48. The molecular weight excluding hydrogens is 605 g/mol.